The first kappa shape index (κ1) is 11.5. The number of carbonyl (C=O) groups is 1. The molecule has 0 fully saturated rings. The van der Waals surface area contributed by atoms with Crippen molar-refractivity contribution in [1.29, 1.82) is 0 Å². The van der Waals surface area contributed by atoms with Crippen LogP contribution in [-0.4, -0.2) is 35.9 Å². The van der Waals surface area contributed by atoms with Crippen LogP contribution in [0.25, 0.3) is 5.52 Å². The predicted octanol–water partition coefficient (Wildman–Crippen LogP) is 0.174. The number of halogens is 1. The normalized spacial score (nSPS) is 11.6. The van der Waals surface area contributed by atoms with E-state index in [-0.39, 0.29) is 11.3 Å². The lowest BCUT2D eigenvalue weighted by atomic mass is 10.5. The largest absolute Gasteiger partial charge is 0.463 e. The molecule has 7 nitrogen and oxygen atoms in total. The van der Waals surface area contributed by atoms with Crippen molar-refractivity contribution in [2.45, 2.75) is 5.03 Å². The van der Waals surface area contributed by atoms with Gasteiger partial charge in [-0.3, -0.25) is 9.38 Å². The molecule has 2 aromatic rings. The molecule has 0 atom stereocenters. The maximum atomic E-state index is 12.9. The van der Waals surface area contributed by atoms with Crippen LogP contribution in [0.3, 0.4) is 0 Å². The Bertz CT molecular complexity index is 694. The van der Waals surface area contributed by atoms with Crippen LogP contribution in [0.2, 0.25) is 0 Å². The Morgan fingerprint density at radius 1 is 1.53 bits per heavy atom. The summed E-state index contributed by atoms with van der Waals surface area (Å²) in [7, 11) is -3.92. The Balaban J connectivity index is 2.85. The second kappa shape index (κ2) is 3.77. The maximum Gasteiger partial charge on any atom is 0.374 e. The van der Waals surface area contributed by atoms with Crippen molar-refractivity contribution < 1.29 is 21.8 Å². The van der Waals surface area contributed by atoms with Gasteiger partial charge >= 0.3 is 16.2 Å². The van der Waals surface area contributed by atoms with E-state index >= 15 is 0 Å². The third-order valence-electron chi connectivity index (χ3n) is 2.01. The number of hydrogen-bond donors (Lipinski definition) is 0. The monoisotopic (exact) mass is 259 g/mol. The highest BCUT2D eigenvalue weighted by Gasteiger charge is 2.25. The van der Waals surface area contributed by atoms with Crippen LogP contribution in [-0.2, 0) is 15.0 Å². The number of aromatic nitrogens is 3. The molecule has 17 heavy (non-hydrogen) atoms. The lowest BCUT2D eigenvalue weighted by Gasteiger charge is -1.96. The molecule has 0 aliphatic rings. The van der Waals surface area contributed by atoms with Crippen LogP contribution >= 0.6 is 0 Å². The van der Waals surface area contributed by atoms with Gasteiger partial charge in [0.2, 0.25) is 10.9 Å². The summed E-state index contributed by atoms with van der Waals surface area (Å²) >= 11 is 0. The van der Waals surface area contributed by atoms with E-state index in [0.29, 0.717) is 0 Å². The Hall–Kier alpha value is -2.03. The highest BCUT2D eigenvalue weighted by atomic mass is 32.3. The third-order valence-corrected chi connectivity index (χ3v) is 2.77. The Morgan fingerprint density at radius 3 is 2.82 bits per heavy atom. The molecule has 0 spiro atoms. The zero-order chi connectivity index (χ0) is 12.6. The molecule has 0 amide bonds. The van der Waals surface area contributed by atoms with E-state index < -0.39 is 21.2 Å². The number of hydrogen-bond acceptors (Lipinski definition) is 6. The highest BCUT2D eigenvalue weighted by molar-refractivity contribution is 7.86. The van der Waals surface area contributed by atoms with Crippen molar-refractivity contribution in [3.8, 4) is 0 Å². The van der Waals surface area contributed by atoms with E-state index in [1.807, 2.05) is 0 Å². The standard InChI is InChI=1S/C8H6FN3O4S/c1-16-8(13)6-11-7(17(9,14)15)5-4-10-2-3-12(5)6/h2-4H,1H3. The summed E-state index contributed by atoms with van der Waals surface area (Å²) in [6, 6.07) is 0. The summed E-state index contributed by atoms with van der Waals surface area (Å²) in [6.45, 7) is 0. The molecule has 0 saturated carbocycles. The molecule has 90 valence electrons. The Kier molecular flexibility index (Phi) is 2.54. The van der Waals surface area contributed by atoms with Crippen LogP contribution in [0.4, 0.5) is 3.89 Å². The van der Waals surface area contributed by atoms with Gasteiger partial charge in [-0.1, -0.05) is 3.89 Å². The van der Waals surface area contributed by atoms with E-state index in [0.717, 1.165) is 17.7 Å². The number of nitrogens with zero attached hydrogens (tertiary/aromatic N) is 3. The van der Waals surface area contributed by atoms with Crippen LogP contribution in [0.5, 0.6) is 0 Å². The zero-order valence-corrected chi connectivity index (χ0v) is 9.31. The number of ether oxygens (including phenoxy) is 1. The Labute approximate surface area is 95.1 Å². The fraction of sp³-hybridized carbons (Fsp3) is 0.125. The third kappa shape index (κ3) is 1.84. The van der Waals surface area contributed by atoms with Gasteiger partial charge in [0, 0.05) is 12.4 Å². The summed E-state index contributed by atoms with van der Waals surface area (Å²) in [5, 5.41) is -0.856. The number of fused-ring (bicyclic) bond motifs is 1. The average molecular weight is 259 g/mol. The van der Waals surface area contributed by atoms with Crippen LogP contribution in [0, 0.1) is 0 Å². The van der Waals surface area contributed by atoms with Crippen molar-refractivity contribution in [1.82, 2.24) is 14.4 Å². The van der Waals surface area contributed by atoms with Gasteiger partial charge < -0.3 is 4.74 Å². The second-order valence-corrected chi connectivity index (χ2v) is 4.26. The first-order valence-corrected chi connectivity index (χ1v) is 5.68. The molecule has 2 heterocycles. The smallest absolute Gasteiger partial charge is 0.374 e. The molecule has 2 aromatic heterocycles. The molecule has 0 radical (unpaired) electrons. The first-order valence-electron chi connectivity index (χ1n) is 4.30. The van der Waals surface area contributed by atoms with Gasteiger partial charge in [-0.2, -0.15) is 8.42 Å². The maximum absolute atomic E-state index is 12.9. The summed E-state index contributed by atoms with van der Waals surface area (Å²) in [4.78, 5) is 18.4. The minimum absolute atomic E-state index is 0.129. The second-order valence-electron chi connectivity index (χ2n) is 3.00. The summed E-state index contributed by atoms with van der Waals surface area (Å²) in [5.41, 5.74) is -0.129. The molecular formula is C8H6FN3O4S. The van der Waals surface area contributed by atoms with Crippen molar-refractivity contribution in [2.24, 2.45) is 0 Å². The molecule has 0 unspecified atom stereocenters. The highest BCUT2D eigenvalue weighted by Crippen LogP contribution is 2.19. The van der Waals surface area contributed by atoms with Gasteiger partial charge in [-0.05, 0) is 0 Å². The number of carbonyl (C=O) groups excluding carboxylic acids is 1. The fourth-order valence-electron chi connectivity index (χ4n) is 1.33. The van der Waals surface area contributed by atoms with E-state index in [1.54, 1.807) is 0 Å². The molecule has 0 saturated heterocycles. The van der Waals surface area contributed by atoms with Gasteiger partial charge in [-0.25, -0.2) is 9.78 Å². The minimum Gasteiger partial charge on any atom is -0.463 e. The van der Waals surface area contributed by atoms with Crippen molar-refractivity contribution in [3.05, 3.63) is 24.4 Å². The van der Waals surface area contributed by atoms with Gasteiger partial charge in [0.15, 0.2) is 0 Å². The van der Waals surface area contributed by atoms with Crippen molar-refractivity contribution in [3.63, 3.8) is 0 Å². The average Bonchev–Trinajstić information content (AvgIpc) is 2.67. The molecule has 0 aromatic carbocycles. The number of esters is 1. The van der Waals surface area contributed by atoms with Crippen molar-refractivity contribution in [2.75, 3.05) is 7.11 Å². The molecule has 0 N–H and O–H groups in total. The lowest BCUT2D eigenvalue weighted by Crippen LogP contribution is -2.07. The van der Waals surface area contributed by atoms with Gasteiger partial charge in [0.1, 0.15) is 5.52 Å². The van der Waals surface area contributed by atoms with E-state index in [1.165, 1.54) is 12.4 Å². The van der Waals surface area contributed by atoms with Gasteiger partial charge in [0.05, 0.1) is 13.3 Å². The van der Waals surface area contributed by atoms with E-state index in [9.17, 15) is 17.1 Å². The minimum atomic E-state index is -5.03. The van der Waals surface area contributed by atoms with Gasteiger partial charge in [-0.15, -0.1) is 0 Å². The molecule has 2 rings (SSSR count). The molecule has 9 heteroatoms. The predicted molar refractivity (Wildman–Crippen MR) is 52.6 cm³/mol. The van der Waals surface area contributed by atoms with E-state index in [2.05, 4.69) is 14.7 Å². The number of methoxy groups -OCH3 is 1. The quantitative estimate of drug-likeness (QED) is 0.564. The first-order chi connectivity index (χ1) is 7.95. The van der Waals surface area contributed by atoms with Crippen molar-refractivity contribution >= 4 is 21.7 Å². The molecule has 0 bridgehead atoms. The van der Waals surface area contributed by atoms with E-state index in [4.69, 9.17) is 0 Å². The lowest BCUT2D eigenvalue weighted by molar-refractivity contribution is 0.0585. The fourth-order valence-corrected chi connectivity index (χ4v) is 1.92. The SMILES string of the molecule is COC(=O)c1nc(S(=O)(=O)F)c2cnccn12. The summed E-state index contributed by atoms with van der Waals surface area (Å²) < 4.78 is 40.1. The van der Waals surface area contributed by atoms with Crippen LogP contribution < -0.4 is 0 Å². The number of imidazole rings is 1. The molecule has 0 aliphatic heterocycles. The summed E-state index contributed by atoms with van der Waals surface area (Å²) in [6.07, 6.45) is 3.67. The van der Waals surface area contributed by atoms with Crippen LogP contribution in [0.1, 0.15) is 10.6 Å². The molecular weight excluding hydrogens is 253 g/mol. The van der Waals surface area contributed by atoms with Crippen LogP contribution in [0.15, 0.2) is 23.6 Å². The summed E-state index contributed by atoms with van der Waals surface area (Å²) in [5.74, 6) is -1.21. The zero-order valence-electron chi connectivity index (χ0n) is 8.49. The molecule has 0 aliphatic carbocycles. The topological polar surface area (TPSA) is 90.6 Å². The number of rotatable bonds is 2. The Morgan fingerprint density at radius 2 is 2.24 bits per heavy atom. The van der Waals surface area contributed by atoms with Gasteiger partial charge in [0.25, 0.3) is 0 Å².